The molecule has 0 amide bonds. The number of ether oxygens (including phenoxy) is 1. The van der Waals surface area contributed by atoms with Crippen LogP contribution in [-0.4, -0.2) is 31.1 Å². The normalized spacial score (nSPS) is 12.1. The number of hydrogen-bond acceptors (Lipinski definition) is 4. The van der Waals surface area contributed by atoms with Gasteiger partial charge in [-0.25, -0.2) is 4.98 Å². The summed E-state index contributed by atoms with van der Waals surface area (Å²) in [4.78, 5) is 8.78. The predicted octanol–water partition coefficient (Wildman–Crippen LogP) is 4.48. The Labute approximate surface area is 195 Å². The fraction of sp³-hybridized carbons (Fsp3) is 0.304. The summed E-state index contributed by atoms with van der Waals surface area (Å²) in [5, 5.41) is 6.59. The molecule has 2 N–H and O–H groups in total. The van der Waals surface area contributed by atoms with Gasteiger partial charge < -0.3 is 19.8 Å². The van der Waals surface area contributed by atoms with E-state index in [1.54, 1.807) is 13.3 Å². The number of halogens is 1. The van der Waals surface area contributed by atoms with Crippen LogP contribution in [0.3, 0.4) is 0 Å². The molecule has 6 nitrogen and oxygen atoms in total. The van der Waals surface area contributed by atoms with Crippen molar-refractivity contribution in [3.8, 4) is 11.5 Å². The average molecular weight is 520 g/mol. The number of nitrogens with zero attached hydrogens (tertiary/aromatic N) is 2. The largest absolute Gasteiger partial charge is 0.444 e. The van der Waals surface area contributed by atoms with E-state index in [4.69, 9.17) is 9.15 Å². The fourth-order valence-electron chi connectivity index (χ4n) is 2.78. The highest BCUT2D eigenvalue weighted by molar-refractivity contribution is 14.0. The molecular formula is C23H29IN4O2. The molecular weight excluding hydrogens is 491 g/mol. The Morgan fingerprint density at radius 2 is 1.77 bits per heavy atom. The van der Waals surface area contributed by atoms with Crippen LogP contribution < -0.4 is 10.6 Å². The number of rotatable bonds is 9. The van der Waals surface area contributed by atoms with Gasteiger partial charge >= 0.3 is 0 Å². The Hall–Kier alpha value is -2.39. The van der Waals surface area contributed by atoms with Crippen LogP contribution in [0.4, 0.5) is 0 Å². The smallest absolute Gasteiger partial charge is 0.226 e. The van der Waals surface area contributed by atoms with E-state index in [0.717, 1.165) is 23.8 Å². The van der Waals surface area contributed by atoms with Crippen LogP contribution in [0.2, 0.25) is 0 Å². The standard InChI is InChI=1S/C23H28N4O2.HI/c1-18(15-28-16-19-9-5-3-6-10-19)13-25-23(24-2)26-14-21-17-29-22(27-21)20-11-7-4-8-12-20;/h3-12,17-18H,13-16H2,1-2H3,(H2,24,25,26);1H. The van der Waals surface area contributed by atoms with E-state index in [0.29, 0.717) is 31.6 Å². The third kappa shape index (κ3) is 7.79. The molecule has 0 bridgehead atoms. The van der Waals surface area contributed by atoms with Crippen molar-refractivity contribution in [1.82, 2.24) is 15.6 Å². The number of hydrogen-bond donors (Lipinski definition) is 2. The van der Waals surface area contributed by atoms with Gasteiger partial charge in [0.2, 0.25) is 5.89 Å². The highest BCUT2D eigenvalue weighted by Gasteiger charge is 2.08. The van der Waals surface area contributed by atoms with E-state index in [2.05, 4.69) is 39.7 Å². The topological polar surface area (TPSA) is 71.7 Å². The summed E-state index contributed by atoms with van der Waals surface area (Å²) in [6.07, 6.45) is 1.67. The first-order chi connectivity index (χ1) is 14.2. The van der Waals surface area contributed by atoms with Crippen LogP contribution in [-0.2, 0) is 17.9 Å². The summed E-state index contributed by atoms with van der Waals surface area (Å²) in [5.41, 5.74) is 2.98. The molecule has 0 radical (unpaired) electrons. The van der Waals surface area contributed by atoms with E-state index in [1.807, 2.05) is 48.5 Å². The van der Waals surface area contributed by atoms with E-state index in [9.17, 15) is 0 Å². The van der Waals surface area contributed by atoms with Crippen molar-refractivity contribution < 1.29 is 9.15 Å². The number of guanidine groups is 1. The lowest BCUT2D eigenvalue weighted by atomic mass is 10.2. The Bertz CT molecular complexity index is 884. The summed E-state index contributed by atoms with van der Waals surface area (Å²) in [6, 6.07) is 20.1. The van der Waals surface area contributed by atoms with Crippen LogP contribution in [0.5, 0.6) is 0 Å². The van der Waals surface area contributed by atoms with Crippen molar-refractivity contribution in [2.75, 3.05) is 20.2 Å². The maximum absolute atomic E-state index is 5.80. The van der Waals surface area contributed by atoms with Crippen LogP contribution in [0.25, 0.3) is 11.5 Å². The van der Waals surface area contributed by atoms with Crippen molar-refractivity contribution in [2.24, 2.45) is 10.9 Å². The molecule has 160 valence electrons. The van der Waals surface area contributed by atoms with Gasteiger partial charge in [-0.05, 0) is 23.6 Å². The van der Waals surface area contributed by atoms with Crippen LogP contribution in [0.1, 0.15) is 18.2 Å². The zero-order chi connectivity index (χ0) is 20.3. The van der Waals surface area contributed by atoms with Crippen LogP contribution >= 0.6 is 24.0 Å². The summed E-state index contributed by atoms with van der Waals surface area (Å²) < 4.78 is 11.4. The van der Waals surface area contributed by atoms with E-state index >= 15 is 0 Å². The number of aromatic nitrogens is 1. The summed E-state index contributed by atoms with van der Waals surface area (Å²) in [5.74, 6) is 1.70. The summed E-state index contributed by atoms with van der Waals surface area (Å²) in [7, 11) is 1.75. The van der Waals surface area contributed by atoms with Crippen molar-refractivity contribution in [3.05, 3.63) is 78.2 Å². The Morgan fingerprint density at radius 3 is 2.47 bits per heavy atom. The monoisotopic (exact) mass is 520 g/mol. The number of aliphatic imine (C=N–C) groups is 1. The minimum Gasteiger partial charge on any atom is -0.444 e. The van der Waals surface area contributed by atoms with Gasteiger partial charge in [-0.15, -0.1) is 24.0 Å². The minimum absolute atomic E-state index is 0. The van der Waals surface area contributed by atoms with Gasteiger partial charge in [-0.3, -0.25) is 4.99 Å². The third-order valence-electron chi connectivity index (χ3n) is 4.36. The number of oxazole rings is 1. The Morgan fingerprint density at radius 1 is 1.07 bits per heavy atom. The molecule has 0 aliphatic carbocycles. The molecule has 0 aliphatic heterocycles. The SMILES string of the molecule is CN=C(NCc1coc(-c2ccccc2)n1)NCC(C)COCc1ccccc1.I. The maximum Gasteiger partial charge on any atom is 0.226 e. The highest BCUT2D eigenvalue weighted by atomic mass is 127. The highest BCUT2D eigenvalue weighted by Crippen LogP contribution is 2.17. The van der Waals surface area contributed by atoms with Gasteiger partial charge in [0, 0.05) is 19.2 Å². The van der Waals surface area contributed by atoms with Gasteiger partial charge in [0.1, 0.15) is 6.26 Å². The van der Waals surface area contributed by atoms with Gasteiger partial charge in [0.05, 0.1) is 25.5 Å². The van der Waals surface area contributed by atoms with Crippen LogP contribution in [0.15, 0.2) is 76.3 Å². The lowest BCUT2D eigenvalue weighted by Crippen LogP contribution is -2.39. The molecule has 30 heavy (non-hydrogen) atoms. The first-order valence-corrected chi connectivity index (χ1v) is 9.80. The molecule has 1 heterocycles. The molecule has 1 unspecified atom stereocenters. The molecule has 0 fully saturated rings. The number of benzene rings is 2. The maximum atomic E-state index is 5.80. The molecule has 0 saturated carbocycles. The van der Waals surface area contributed by atoms with Crippen molar-refractivity contribution in [1.29, 1.82) is 0 Å². The van der Waals surface area contributed by atoms with E-state index in [1.165, 1.54) is 5.56 Å². The summed E-state index contributed by atoms with van der Waals surface area (Å²) >= 11 is 0. The molecule has 0 saturated heterocycles. The molecule has 3 rings (SSSR count). The molecule has 2 aromatic carbocycles. The second-order valence-corrected chi connectivity index (χ2v) is 6.92. The molecule has 0 spiro atoms. The first kappa shape index (κ1) is 23.9. The quantitative estimate of drug-likeness (QED) is 0.248. The second-order valence-electron chi connectivity index (χ2n) is 6.92. The van der Waals surface area contributed by atoms with Gasteiger partial charge in [-0.1, -0.05) is 55.5 Å². The molecule has 7 heteroatoms. The van der Waals surface area contributed by atoms with Crippen molar-refractivity contribution >= 4 is 29.9 Å². The lowest BCUT2D eigenvalue weighted by molar-refractivity contribution is 0.0931. The van der Waals surface area contributed by atoms with E-state index in [-0.39, 0.29) is 24.0 Å². The van der Waals surface area contributed by atoms with Crippen molar-refractivity contribution in [2.45, 2.75) is 20.1 Å². The summed E-state index contributed by atoms with van der Waals surface area (Å²) in [6.45, 7) is 4.77. The third-order valence-corrected chi connectivity index (χ3v) is 4.36. The van der Waals surface area contributed by atoms with Gasteiger partial charge in [0.15, 0.2) is 5.96 Å². The fourth-order valence-corrected chi connectivity index (χ4v) is 2.78. The Balaban J connectivity index is 0.00000320. The van der Waals surface area contributed by atoms with Crippen LogP contribution in [0, 0.1) is 5.92 Å². The van der Waals surface area contributed by atoms with Gasteiger partial charge in [0.25, 0.3) is 0 Å². The minimum atomic E-state index is 0. The van der Waals surface area contributed by atoms with E-state index < -0.39 is 0 Å². The number of nitrogens with one attached hydrogen (secondary N) is 2. The zero-order valence-electron chi connectivity index (χ0n) is 17.4. The average Bonchev–Trinajstić information content (AvgIpc) is 3.24. The molecule has 0 aliphatic rings. The molecule has 1 aromatic heterocycles. The first-order valence-electron chi connectivity index (χ1n) is 9.80. The van der Waals surface area contributed by atoms with Crippen molar-refractivity contribution in [3.63, 3.8) is 0 Å². The lowest BCUT2D eigenvalue weighted by Gasteiger charge is -2.16. The molecule has 1 atom stereocenters. The molecule has 3 aromatic rings. The zero-order valence-corrected chi connectivity index (χ0v) is 19.7. The second kappa shape index (κ2) is 13.0. The predicted molar refractivity (Wildman–Crippen MR) is 131 cm³/mol. The van der Waals surface area contributed by atoms with Gasteiger partial charge in [-0.2, -0.15) is 0 Å². The Kier molecular flexibility index (Phi) is 10.4.